The molecule has 0 radical (unpaired) electrons. The number of nitrogens with zero attached hydrogens (tertiary/aromatic N) is 5. The SMILES string of the molecule is CC(C)C(=NC#N)N1CCCC(c2ccnc3cnc4[nH]ccc4c23)C1. The average molecular weight is 346 g/mol. The largest absolute Gasteiger partial charge is 0.359 e. The summed E-state index contributed by atoms with van der Waals surface area (Å²) in [5.74, 6) is 1.52. The monoisotopic (exact) mass is 346 g/mol. The molecule has 6 heteroatoms. The number of aliphatic imine (C=N–C) groups is 1. The van der Waals surface area contributed by atoms with Crippen LogP contribution in [0.15, 0.2) is 35.7 Å². The van der Waals surface area contributed by atoms with Crippen molar-refractivity contribution in [2.75, 3.05) is 13.1 Å². The van der Waals surface area contributed by atoms with Crippen LogP contribution in [-0.4, -0.2) is 38.8 Å². The summed E-state index contributed by atoms with van der Waals surface area (Å²) >= 11 is 0. The highest BCUT2D eigenvalue weighted by molar-refractivity contribution is 6.05. The molecule has 1 fully saturated rings. The lowest BCUT2D eigenvalue weighted by Crippen LogP contribution is -2.41. The molecule has 6 nitrogen and oxygen atoms in total. The topological polar surface area (TPSA) is 81.0 Å². The molecule has 1 atom stereocenters. The molecule has 0 amide bonds. The van der Waals surface area contributed by atoms with Gasteiger partial charge < -0.3 is 9.88 Å². The first kappa shape index (κ1) is 16.5. The maximum Gasteiger partial charge on any atom is 0.207 e. The number of hydrogen-bond acceptors (Lipinski definition) is 4. The molecule has 4 rings (SSSR count). The van der Waals surface area contributed by atoms with Crippen LogP contribution in [-0.2, 0) is 0 Å². The predicted molar refractivity (Wildman–Crippen MR) is 103 cm³/mol. The van der Waals surface area contributed by atoms with E-state index in [1.807, 2.05) is 24.8 Å². The number of rotatable bonds is 2. The van der Waals surface area contributed by atoms with Crippen molar-refractivity contribution in [2.45, 2.75) is 32.6 Å². The molecule has 0 bridgehead atoms. The van der Waals surface area contributed by atoms with E-state index in [0.29, 0.717) is 5.92 Å². The van der Waals surface area contributed by atoms with Crippen molar-refractivity contribution in [3.05, 3.63) is 36.3 Å². The predicted octanol–water partition coefficient (Wildman–Crippen LogP) is 3.83. The number of likely N-dealkylation sites (tertiary alicyclic amines) is 1. The fourth-order valence-electron chi connectivity index (χ4n) is 4.08. The van der Waals surface area contributed by atoms with E-state index in [-0.39, 0.29) is 5.92 Å². The van der Waals surface area contributed by atoms with Gasteiger partial charge in [0.25, 0.3) is 0 Å². The summed E-state index contributed by atoms with van der Waals surface area (Å²) in [6, 6.07) is 4.21. The molecule has 1 unspecified atom stereocenters. The third-order valence-corrected chi connectivity index (χ3v) is 5.19. The number of amidine groups is 1. The number of piperidine rings is 1. The Morgan fingerprint density at radius 3 is 3.08 bits per heavy atom. The summed E-state index contributed by atoms with van der Waals surface area (Å²) in [6.07, 6.45) is 9.84. The number of fused-ring (bicyclic) bond motifs is 3. The summed E-state index contributed by atoms with van der Waals surface area (Å²) in [4.78, 5) is 18.6. The molecule has 0 spiro atoms. The van der Waals surface area contributed by atoms with Gasteiger partial charge in [-0.3, -0.25) is 4.98 Å². The first-order chi connectivity index (χ1) is 12.7. The van der Waals surface area contributed by atoms with E-state index < -0.39 is 0 Å². The molecule has 3 aromatic rings. The van der Waals surface area contributed by atoms with Gasteiger partial charge in [-0.2, -0.15) is 10.3 Å². The first-order valence-corrected chi connectivity index (χ1v) is 9.11. The van der Waals surface area contributed by atoms with Crippen molar-refractivity contribution in [1.29, 1.82) is 5.26 Å². The van der Waals surface area contributed by atoms with E-state index in [9.17, 15) is 0 Å². The van der Waals surface area contributed by atoms with Gasteiger partial charge in [-0.05, 0) is 30.5 Å². The number of nitriles is 1. The standard InChI is InChI=1S/C20H22N6/c1-13(2)20(25-12-21)26-9-3-4-14(11-26)15-5-7-22-17-10-24-19-16(18(15)17)6-8-23-19/h5-8,10,13-14H,3-4,9,11H2,1-2H3,(H,23,24). The number of aromatic nitrogens is 3. The fourth-order valence-corrected chi connectivity index (χ4v) is 4.08. The Balaban J connectivity index is 1.77. The molecule has 0 aromatic carbocycles. The minimum absolute atomic E-state index is 0.239. The number of pyridine rings is 2. The van der Waals surface area contributed by atoms with E-state index in [2.05, 4.69) is 50.8 Å². The Morgan fingerprint density at radius 1 is 1.38 bits per heavy atom. The van der Waals surface area contributed by atoms with Gasteiger partial charge in [0.2, 0.25) is 6.19 Å². The van der Waals surface area contributed by atoms with Gasteiger partial charge in [-0.15, -0.1) is 0 Å². The van der Waals surface area contributed by atoms with Crippen molar-refractivity contribution < 1.29 is 0 Å². The van der Waals surface area contributed by atoms with Crippen LogP contribution in [0.2, 0.25) is 0 Å². The fraction of sp³-hybridized carbons (Fsp3) is 0.400. The van der Waals surface area contributed by atoms with Crippen molar-refractivity contribution in [2.24, 2.45) is 10.9 Å². The second-order valence-electron chi connectivity index (χ2n) is 7.17. The van der Waals surface area contributed by atoms with Crippen molar-refractivity contribution in [3.8, 4) is 6.19 Å². The Kier molecular flexibility index (Phi) is 4.29. The molecule has 1 N–H and O–H groups in total. The zero-order valence-electron chi connectivity index (χ0n) is 15.1. The van der Waals surface area contributed by atoms with Gasteiger partial charge in [0.05, 0.1) is 11.7 Å². The Morgan fingerprint density at radius 2 is 2.27 bits per heavy atom. The second-order valence-corrected chi connectivity index (χ2v) is 7.17. The van der Waals surface area contributed by atoms with Crippen LogP contribution in [0, 0.1) is 17.4 Å². The molecule has 1 aliphatic rings. The third-order valence-electron chi connectivity index (χ3n) is 5.19. The lowest BCUT2D eigenvalue weighted by Gasteiger charge is -2.36. The van der Waals surface area contributed by atoms with Crippen LogP contribution in [0.1, 0.15) is 38.2 Å². The first-order valence-electron chi connectivity index (χ1n) is 9.11. The van der Waals surface area contributed by atoms with E-state index in [0.717, 1.165) is 48.3 Å². The quantitative estimate of drug-likeness (QED) is 0.434. The highest BCUT2D eigenvalue weighted by atomic mass is 15.2. The van der Waals surface area contributed by atoms with E-state index >= 15 is 0 Å². The third kappa shape index (κ3) is 2.80. The zero-order chi connectivity index (χ0) is 18.1. The maximum atomic E-state index is 9.05. The molecule has 0 aliphatic carbocycles. The lowest BCUT2D eigenvalue weighted by molar-refractivity contribution is 0.300. The van der Waals surface area contributed by atoms with E-state index in [1.165, 1.54) is 10.9 Å². The molecule has 26 heavy (non-hydrogen) atoms. The van der Waals surface area contributed by atoms with Crippen LogP contribution in [0.25, 0.3) is 21.9 Å². The highest BCUT2D eigenvalue weighted by Crippen LogP contribution is 2.34. The summed E-state index contributed by atoms with van der Waals surface area (Å²) in [5.41, 5.74) is 3.14. The normalized spacial score (nSPS) is 18.6. The summed E-state index contributed by atoms with van der Waals surface area (Å²) in [6.45, 7) is 6.03. The zero-order valence-corrected chi connectivity index (χ0v) is 15.1. The smallest absolute Gasteiger partial charge is 0.207 e. The number of H-pyrrole nitrogens is 1. The number of aromatic amines is 1. The van der Waals surface area contributed by atoms with Crippen LogP contribution in [0.5, 0.6) is 0 Å². The van der Waals surface area contributed by atoms with Crippen LogP contribution < -0.4 is 0 Å². The molecular formula is C20H22N6. The van der Waals surface area contributed by atoms with Gasteiger partial charge in [0, 0.05) is 48.1 Å². The summed E-state index contributed by atoms with van der Waals surface area (Å²) in [7, 11) is 0. The molecule has 1 aliphatic heterocycles. The Hall–Kier alpha value is -2.94. The molecule has 132 valence electrons. The summed E-state index contributed by atoms with van der Waals surface area (Å²) < 4.78 is 0. The van der Waals surface area contributed by atoms with Gasteiger partial charge in [0.1, 0.15) is 11.5 Å². The van der Waals surface area contributed by atoms with Gasteiger partial charge >= 0.3 is 0 Å². The molecule has 0 saturated carbocycles. The average Bonchev–Trinajstić information content (AvgIpc) is 3.14. The van der Waals surface area contributed by atoms with Crippen molar-refractivity contribution in [3.63, 3.8) is 0 Å². The molecular weight excluding hydrogens is 324 g/mol. The molecule has 1 saturated heterocycles. The number of nitrogens with one attached hydrogen (secondary N) is 1. The minimum Gasteiger partial charge on any atom is -0.359 e. The van der Waals surface area contributed by atoms with Crippen LogP contribution in [0.3, 0.4) is 0 Å². The Labute approximate surface area is 152 Å². The van der Waals surface area contributed by atoms with E-state index in [4.69, 9.17) is 5.26 Å². The van der Waals surface area contributed by atoms with Crippen molar-refractivity contribution >= 4 is 27.8 Å². The lowest BCUT2D eigenvalue weighted by atomic mass is 9.87. The molecule has 4 heterocycles. The van der Waals surface area contributed by atoms with Crippen LogP contribution >= 0.6 is 0 Å². The Bertz CT molecular complexity index is 1010. The van der Waals surface area contributed by atoms with Crippen molar-refractivity contribution in [1.82, 2.24) is 19.9 Å². The molecule has 3 aromatic heterocycles. The second kappa shape index (κ2) is 6.75. The van der Waals surface area contributed by atoms with Gasteiger partial charge in [-0.1, -0.05) is 13.8 Å². The van der Waals surface area contributed by atoms with E-state index in [1.54, 1.807) is 0 Å². The highest BCUT2D eigenvalue weighted by Gasteiger charge is 2.26. The summed E-state index contributed by atoms with van der Waals surface area (Å²) in [5, 5.41) is 11.4. The van der Waals surface area contributed by atoms with Gasteiger partial charge in [0.15, 0.2) is 0 Å². The minimum atomic E-state index is 0.239. The number of hydrogen-bond donors (Lipinski definition) is 1. The van der Waals surface area contributed by atoms with Gasteiger partial charge in [-0.25, -0.2) is 4.98 Å². The maximum absolute atomic E-state index is 9.05. The van der Waals surface area contributed by atoms with Crippen LogP contribution in [0.4, 0.5) is 0 Å².